The van der Waals surface area contributed by atoms with E-state index >= 15 is 0 Å². The first-order chi connectivity index (χ1) is 12.8. The number of fused-ring (bicyclic) bond motifs is 2. The van der Waals surface area contributed by atoms with Crippen LogP contribution in [-0.4, -0.2) is 26.5 Å². The fourth-order valence-corrected chi connectivity index (χ4v) is 5.82. The maximum atomic E-state index is 4.68. The molecule has 0 fully saturated rings. The number of unbranched alkanes of at least 4 members (excludes halogenated alkanes) is 2. The number of nitrogens with zero attached hydrogens (tertiary/aromatic N) is 2. The van der Waals surface area contributed by atoms with Gasteiger partial charge in [0.2, 0.25) is 0 Å². The third-order valence-electron chi connectivity index (χ3n) is 4.14. The number of thiazole rings is 1. The van der Waals surface area contributed by atoms with Crippen LogP contribution in [0.25, 0.3) is 21.3 Å². The molecule has 26 heavy (non-hydrogen) atoms. The van der Waals surface area contributed by atoms with E-state index in [-0.39, 0.29) is 0 Å². The number of aryl methyl sites for hydroxylation is 1. The van der Waals surface area contributed by atoms with Crippen LogP contribution >= 0.6 is 34.9 Å². The molecule has 3 nitrogen and oxygen atoms in total. The Morgan fingerprint density at radius 2 is 1.77 bits per heavy atom. The minimum Gasteiger partial charge on any atom is -0.333 e. The molecular weight excluding hydrogens is 378 g/mol. The molecule has 1 N–H and O–H groups in total. The number of nitrogens with one attached hydrogen (secondary N) is 1. The molecule has 0 aliphatic carbocycles. The lowest BCUT2D eigenvalue weighted by atomic mass is 10.2. The van der Waals surface area contributed by atoms with Gasteiger partial charge in [-0.05, 0) is 49.6 Å². The molecule has 0 radical (unpaired) electrons. The number of para-hydroxylation sites is 1. The van der Waals surface area contributed by atoms with Gasteiger partial charge in [-0.25, -0.2) is 9.97 Å². The topological polar surface area (TPSA) is 41.6 Å². The van der Waals surface area contributed by atoms with Crippen molar-refractivity contribution in [3.63, 3.8) is 0 Å². The quantitative estimate of drug-likeness (QED) is 0.270. The highest BCUT2D eigenvalue weighted by Crippen LogP contribution is 2.30. The van der Waals surface area contributed by atoms with Crippen molar-refractivity contribution in [3.8, 4) is 0 Å². The first-order valence-electron chi connectivity index (χ1n) is 8.85. The van der Waals surface area contributed by atoms with Crippen LogP contribution < -0.4 is 0 Å². The molecule has 4 aromatic rings. The molecule has 0 amide bonds. The largest absolute Gasteiger partial charge is 0.333 e. The van der Waals surface area contributed by atoms with Crippen LogP contribution in [0.1, 0.15) is 24.8 Å². The summed E-state index contributed by atoms with van der Waals surface area (Å²) >= 11 is 5.51. The molecule has 6 heteroatoms. The first-order valence-corrected chi connectivity index (χ1v) is 11.6. The van der Waals surface area contributed by atoms with E-state index in [0.29, 0.717) is 0 Å². The monoisotopic (exact) mass is 399 g/mol. The molecule has 0 spiro atoms. The van der Waals surface area contributed by atoms with Gasteiger partial charge in [0.25, 0.3) is 0 Å². The highest BCUT2D eigenvalue weighted by Gasteiger charge is 2.05. The predicted octanol–water partition coefficient (Wildman–Crippen LogP) is 6.54. The lowest BCUT2D eigenvalue weighted by molar-refractivity contribution is 0.784. The number of hydrogen-bond acceptors (Lipinski definition) is 5. The van der Waals surface area contributed by atoms with Gasteiger partial charge in [-0.1, -0.05) is 48.1 Å². The standard InChI is InChI=1S/C20H21N3S3/c1-14-9-10-15-17(13-14)22-19(21-15)24-11-5-2-6-12-25-20-23-16-7-3-4-8-18(16)26-20/h3-4,7-10,13H,2,5-6,11-12H2,1H3,(H,21,22). The molecule has 0 saturated heterocycles. The van der Waals surface area contributed by atoms with Crippen LogP contribution in [0.2, 0.25) is 0 Å². The van der Waals surface area contributed by atoms with Crippen molar-refractivity contribution in [1.29, 1.82) is 0 Å². The fraction of sp³-hybridized carbons (Fsp3) is 0.300. The number of hydrogen-bond donors (Lipinski definition) is 1. The average molecular weight is 400 g/mol. The highest BCUT2D eigenvalue weighted by molar-refractivity contribution is 8.01. The second kappa shape index (κ2) is 8.46. The van der Waals surface area contributed by atoms with Crippen LogP contribution in [0.3, 0.4) is 0 Å². The van der Waals surface area contributed by atoms with Gasteiger partial charge in [0.05, 0.1) is 21.3 Å². The van der Waals surface area contributed by atoms with Crippen molar-refractivity contribution in [2.75, 3.05) is 11.5 Å². The van der Waals surface area contributed by atoms with E-state index in [4.69, 9.17) is 0 Å². The molecular formula is C20H21N3S3. The van der Waals surface area contributed by atoms with Crippen LogP contribution in [0.4, 0.5) is 0 Å². The summed E-state index contributed by atoms with van der Waals surface area (Å²) in [7, 11) is 0. The third-order valence-corrected chi connectivity index (χ3v) is 7.37. The summed E-state index contributed by atoms with van der Waals surface area (Å²) < 4.78 is 2.48. The van der Waals surface area contributed by atoms with E-state index in [1.54, 1.807) is 11.3 Å². The molecule has 0 saturated carbocycles. The lowest BCUT2D eigenvalue weighted by Gasteiger charge is -1.99. The van der Waals surface area contributed by atoms with Crippen molar-refractivity contribution < 1.29 is 0 Å². The molecule has 2 aromatic carbocycles. The van der Waals surface area contributed by atoms with E-state index in [1.807, 2.05) is 23.5 Å². The number of imidazole rings is 1. The lowest BCUT2D eigenvalue weighted by Crippen LogP contribution is -1.85. The van der Waals surface area contributed by atoms with Crippen LogP contribution in [0.15, 0.2) is 52.0 Å². The Bertz CT molecular complexity index is 973. The Labute approximate surface area is 166 Å². The van der Waals surface area contributed by atoms with Crippen molar-refractivity contribution >= 4 is 56.1 Å². The number of aromatic amines is 1. The molecule has 0 bridgehead atoms. The van der Waals surface area contributed by atoms with Gasteiger partial charge >= 0.3 is 0 Å². The Kier molecular flexibility index (Phi) is 5.82. The third kappa shape index (κ3) is 4.42. The SMILES string of the molecule is Cc1ccc2nc(SCCCCCSc3nc4ccccc4s3)[nH]c2c1. The zero-order valence-corrected chi connectivity index (χ0v) is 17.1. The van der Waals surface area contributed by atoms with Gasteiger partial charge in [0.15, 0.2) is 9.50 Å². The van der Waals surface area contributed by atoms with Crippen molar-refractivity contribution in [1.82, 2.24) is 15.0 Å². The van der Waals surface area contributed by atoms with Gasteiger partial charge in [-0.2, -0.15) is 0 Å². The van der Waals surface area contributed by atoms with Crippen LogP contribution in [0.5, 0.6) is 0 Å². The summed E-state index contributed by atoms with van der Waals surface area (Å²) in [5, 5.41) is 1.04. The molecule has 4 rings (SSSR count). The van der Waals surface area contributed by atoms with Crippen LogP contribution in [0, 0.1) is 6.92 Å². The van der Waals surface area contributed by atoms with E-state index in [1.165, 1.54) is 33.9 Å². The summed E-state index contributed by atoms with van der Waals surface area (Å²) in [6.07, 6.45) is 3.71. The van der Waals surface area contributed by atoms with Crippen molar-refractivity contribution in [2.24, 2.45) is 0 Å². The molecule has 0 aliphatic heterocycles. The molecule has 0 unspecified atom stereocenters. The number of benzene rings is 2. The first kappa shape index (κ1) is 17.9. The number of aromatic nitrogens is 3. The molecule has 134 valence electrons. The number of thioether (sulfide) groups is 2. The molecule has 0 aliphatic rings. The molecule has 2 aromatic heterocycles. The van der Waals surface area contributed by atoms with Gasteiger partial charge < -0.3 is 4.98 Å². The zero-order chi connectivity index (χ0) is 17.8. The minimum atomic E-state index is 1.04. The number of rotatable bonds is 8. The second-order valence-corrected chi connectivity index (χ2v) is 9.72. The van der Waals surface area contributed by atoms with Crippen molar-refractivity contribution in [3.05, 3.63) is 48.0 Å². The predicted molar refractivity (Wildman–Crippen MR) is 116 cm³/mol. The summed E-state index contributed by atoms with van der Waals surface area (Å²) in [5.41, 5.74) is 4.59. The zero-order valence-electron chi connectivity index (χ0n) is 14.7. The normalized spacial score (nSPS) is 11.6. The van der Waals surface area contributed by atoms with Gasteiger partial charge in [0.1, 0.15) is 0 Å². The van der Waals surface area contributed by atoms with Gasteiger partial charge in [-0.15, -0.1) is 11.3 Å². The Balaban J connectivity index is 1.16. The summed E-state index contributed by atoms with van der Waals surface area (Å²) in [4.78, 5) is 12.7. The average Bonchev–Trinajstić information content (AvgIpc) is 3.23. The van der Waals surface area contributed by atoms with E-state index < -0.39 is 0 Å². The summed E-state index contributed by atoms with van der Waals surface area (Å²) in [6, 6.07) is 14.7. The highest BCUT2D eigenvalue weighted by atomic mass is 32.2. The van der Waals surface area contributed by atoms with E-state index in [0.717, 1.165) is 33.2 Å². The smallest absolute Gasteiger partial charge is 0.166 e. The summed E-state index contributed by atoms with van der Waals surface area (Å²) in [6.45, 7) is 2.11. The van der Waals surface area contributed by atoms with E-state index in [2.05, 4.69) is 64.3 Å². The van der Waals surface area contributed by atoms with Gasteiger partial charge in [0, 0.05) is 11.5 Å². The fourth-order valence-electron chi connectivity index (χ4n) is 2.79. The van der Waals surface area contributed by atoms with Gasteiger partial charge in [-0.3, -0.25) is 0 Å². The maximum Gasteiger partial charge on any atom is 0.166 e. The summed E-state index contributed by atoms with van der Waals surface area (Å²) in [5.74, 6) is 2.26. The number of H-pyrrole nitrogens is 1. The second-order valence-electron chi connectivity index (χ2n) is 6.27. The molecule has 0 atom stereocenters. The maximum absolute atomic E-state index is 4.68. The molecule has 2 heterocycles. The van der Waals surface area contributed by atoms with Crippen LogP contribution in [-0.2, 0) is 0 Å². The minimum absolute atomic E-state index is 1.04. The Morgan fingerprint density at radius 3 is 2.65 bits per heavy atom. The Hall–Kier alpha value is -1.50. The Morgan fingerprint density at radius 1 is 0.923 bits per heavy atom. The van der Waals surface area contributed by atoms with Crippen molar-refractivity contribution in [2.45, 2.75) is 35.7 Å². The van der Waals surface area contributed by atoms with E-state index in [9.17, 15) is 0 Å².